The molecule has 0 unspecified atom stereocenters. The first-order valence-corrected chi connectivity index (χ1v) is 8.62. The van der Waals surface area contributed by atoms with Gasteiger partial charge in [0.1, 0.15) is 0 Å². The molecule has 2 aromatic rings. The average molecular weight is 337 g/mol. The third-order valence-electron chi connectivity index (χ3n) is 4.76. The van der Waals surface area contributed by atoms with E-state index in [1.807, 2.05) is 42.5 Å². The van der Waals surface area contributed by atoms with Crippen molar-refractivity contribution in [3.8, 4) is 0 Å². The predicted molar refractivity (Wildman–Crippen MR) is 98.3 cm³/mol. The molecule has 1 amide bonds. The summed E-state index contributed by atoms with van der Waals surface area (Å²) in [4.78, 5) is 26.7. The maximum atomic E-state index is 12.8. The summed E-state index contributed by atoms with van der Waals surface area (Å²) in [6.07, 6.45) is 0.489. The van der Waals surface area contributed by atoms with Gasteiger partial charge in [0, 0.05) is 17.7 Å². The molecule has 4 nitrogen and oxygen atoms in total. The van der Waals surface area contributed by atoms with Crippen molar-refractivity contribution in [1.29, 1.82) is 0 Å². The predicted octanol–water partition coefficient (Wildman–Crippen LogP) is 4.56. The number of carbonyl (C=O) groups is 2. The highest BCUT2D eigenvalue weighted by Gasteiger charge is 2.34. The molecular formula is C21H23NO3. The molecule has 0 radical (unpaired) electrons. The van der Waals surface area contributed by atoms with Crippen molar-refractivity contribution >= 4 is 17.6 Å². The van der Waals surface area contributed by atoms with Crippen LogP contribution in [0, 0.1) is 0 Å². The highest BCUT2D eigenvalue weighted by atomic mass is 16.6. The zero-order valence-electron chi connectivity index (χ0n) is 14.9. The standard InChI is InChI=1S/C21H23NO3/c1-4-25-20(24)22-13-12-21(2,3)17-14-16(10-11-18(17)22)19(23)15-8-6-5-7-9-15/h5-11,14H,4,12-13H2,1-3H3. The van der Waals surface area contributed by atoms with Crippen molar-refractivity contribution < 1.29 is 14.3 Å². The minimum absolute atomic E-state index is 0.00698. The van der Waals surface area contributed by atoms with Crippen molar-refractivity contribution in [2.24, 2.45) is 0 Å². The lowest BCUT2D eigenvalue weighted by molar-refractivity contribution is 0.103. The van der Waals surface area contributed by atoms with Crippen LogP contribution in [-0.4, -0.2) is 25.0 Å². The third kappa shape index (κ3) is 3.29. The highest BCUT2D eigenvalue weighted by molar-refractivity contribution is 6.09. The Morgan fingerprint density at radius 1 is 1.08 bits per heavy atom. The normalized spacial score (nSPS) is 15.4. The van der Waals surface area contributed by atoms with Crippen LogP contribution in [0.5, 0.6) is 0 Å². The Labute approximate surface area is 148 Å². The highest BCUT2D eigenvalue weighted by Crippen LogP contribution is 2.40. The van der Waals surface area contributed by atoms with Crippen molar-refractivity contribution in [2.45, 2.75) is 32.6 Å². The van der Waals surface area contributed by atoms with Gasteiger partial charge in [0.05, 0.1) is 12.3 Å². The van der Waals surface area contributed by atoms with Crippen LogP contribution in [0.3, 0.4) is 0 Å². The van der Waals surface area contributed by atoms with Crippen molar-refractivity contribution in [2.75, 3.05) is 18.1 Å². The molecule has 0 saturated carbocycles. The number of rotatable bonds is 3. The van der Waals surface area contributed by atoms with Crippen LogP contribution in [-0.2, 0) is 10.2 Å². The average Bonchev–Trinajstić information content (AvgIpc) is 2.62. The molecule has 1 aliphatic heterocycles. The van der Waals surface area contributed by atoms with E-state index in [4.69, 9.17) is 4.74 Å². The molecular weight excluding hydrogens is 314 g/mol. The van der Waals surface area contributed by atoms with Gasteiger partial charge in [-0.3, -0.25) is 9.69 Å². The molecule has 1 heterocycles. The summed E-state index contributed by atoms with van der Waals surface area (Å²) in [7, 11) is 0. The molecule has 0 saturated heterocycles. The van der Waals surface area contributed by atoms with E-state index in [-0.39, 0.29) is 17.3 Å². The Morgan fingerprint density at radius 2 is 1.80 bits per heavy atom. The van der Waals surface area contributed by atoms with Gasteiger partial charge >= 0.3 is 6.09 Å². The minimum atomic E-state index is -0.332. The topological polar surface area (TPSA) is 46.6 Å². The van der Waals surface area contributed by atoms with Crippen molar-refractivity contribution in [3.05, 3.63) is 65.2 Å². The SMILES string of the molecule is CCOC(=O)N1CCC(C)(C)c2cc(C(=O)c3ccccc3)ccc21. The van der Waals surface area contributed by atoms with E-state index in [9.17, 15) is 9.59 Å². The maximum Gasteiger partial charge on any atom is 0.414 e. The molecule has 0 atom stereocenters. The first kappa shape index (κ1) is 17.2. The van der Waals surface area contributed by atoms with E-state index in [1.54, 1.807) is 17.9 Å². The van der Waals surface area contributed by atoms with Gasteiger partial charge in [-0.15, -0.1) is 0 Å². The monoisotopic (exact) mass is 337 g/mol. The molecule has 1 aliphatic rings. The zero-order chi connectivity index (χ0) is 18.0. The number of hydrogen-bond donors (Lipinski definition) is 0. The summed E-state index contributed by atoms with van der Waals surface area (Å²) in [5.74, 6) is -0.00698. The van der Waals surface area contributed by atoms with Crippen LogP contribution < -0.4 is 4.90 Å². The quantitative estimate of drug-likeness (QED) is 0.771. The van der Waals surface area contributed by atoms with Gasteiger partial charge in [-0.25, -0.2) is 4.79 Å². The minimum Gasteiger partial charge on any atom is -0.449 e. The fourth-order valence-corrected chi connectivity index (χ4v) is 3.25. The van der Waals surface area contributed by atoms with Crippen LogP contribution >= 0.6 is 0 Å². The molecule has 4 heteroatoms. The molecule has 0 spiro atoms. The second-order valence-corrected chi connectivity index (χ2v) is 6.91. The number of anilines is 1. The van der Waals surface area contributed by atoms with E-state index in [1.165, 1.54) is 0 Å². The van der Waals surface area contributed by atoms with Crippen LogP contribution in [0.15, 0.2) is 48.5 Å². The fourth-order valence-electron chi connectivity index (χ4n) is 3.25. The van der Waals surface area contributed by atoms with Crippen LogP contribution in [0.4, 0.5) is 10.5 Å². The second kappa shape index (κ2) is 6.71. The lowest BCUT2D eigenvalue weighted by atomic mass is 9.77. The van der Waals surface area contributed by atoms with E-state index in [0.717, 1.165) is 17.7 Å². The summed E-state index contributed by atoms with van der Waals surface area (Å²) < 4.78 is 5.17. The number of carbonyl (C=O) groups excluding carboxylic acids is 2. The summed E-state index contributed by atoms with van der Waals surface area (Å²) in [6.45, 7) is 7.05. The molecule has 0 bridgehead atoms. The molecule has 25 heavy (non-hydrogen) atoms. The summed E-state index contributed by atoms with van der Waals surface area (Å²) >= 11 is 0. The number of nitrogens with zero attached hydrogens (tertiary/aromatic N) is 1. The van der Waals surface area contributed by atoms with Crippen molar-refractivity contribution in [1.82, 2.24) is 0 Å². The Balaban J connectivity index is 2.02. The number of fused-ring (bicyclic) bond motifs is 1. The third-order valence-corrected chi connectivity index (χ3v) is 4.76. The van der Waals surface area contributed by atoms with Gasteiger partial charge in [-0.05, 0) is 42.5 Å². The van der Waals surface area contributed by atoms with E-state index < -0.39 is 0 Å². The number of ether oxygens (including phenoxy) is 1. The van der Waals surface area contributed by atoms with Gasteiger partial charge in [0.15, 0.2) is 5.78 Å². The first-order chi connectivity index (χ1) is 11.9. The molecule has 0 aromatic heterocycles. The van der Waals surface area contributed by atoms with Gasteiger partial charge in [0.2, 0.25) is 0 Å². The number of benzene rings is 2. The molecule has 0 N–H and O–H groups in total. The summed E-state index contributed by atoms with van der Waals surface area (Å²) in [6, 6.07) is 14.8. The maximum absolute atomic E-state index is 12.8. The zero-order valence-corrected chi connectivity index (χ0v) is 14.9. The Morgan fingerprint density at radius 3 is 2.48 bits per heavy atom. The van der Waals surface area contributed by atoms with Gasteiger partial charge in [-0.2, -0.15) is 0 Å². The fraction of sp³-hybridized carbons (Fsp3) is 0.333. The molecule has 2 aromatic carbocycles. The van der Waals surface area contributed by atoms with Gasteiger partial charge in [-0.1, -0.05) is 44.2 Å². The molecule has 0 fully saturated rings. The van der Waals surface area contributed by atoms with Crippen LogP contribution in [0.25, 0.3) is 0 Å². The molecule has 0 aliphatic carbocycles. The lowest BCUT2D eigenvalue weighted by Crippen LogP contribution is -2.41. The number of hydrogen-bond acceptors (Lipinski definition) is 3. The smallest absolute Gasteiger partial charge is 0.414 e. The summed E-state index contributed by atoms with van der Waals surface area (Å²) in [5.41, 5.74) is 3.04. The van der Waals surface area contributed by atoms with Crippen LogP contribution in [0.2, 0.25) is 0 Å². The Hall–Kier alpha value is -2.62. The Bertz CT molecular complexity index is 796. The largest absolute Gasteiger partial charge is 0.449 e. The second-order valence-electron chi connectivity index (χ2n) is 6.91. The lowest BCUT2D eigenvalue weighted by Gasteiger charge is -2.38. The van der Waals surface area contributed by atoms with Gasteiger partial charge < -0.3 is 4.74 Å². The van der Waals surface area contributed by atoms with Gasteiger partial charge in [0.25, 0.3) is 0 Å². The number of amides is 1. The van der Waals surface area contributed by atoms with E-state index in [2.05, 4.69) is 13.8 Å². The van der Waals surface area contributed by atoms with E-state index >= 15 is 0 Å². The number of ketones is 1. The molecule has 3 rings (SSSR count). The van der Waals surface area contributed by atoms with Crippen LogP contribution in [0.1, 0.15) is 48.7 Å². The Kier molecular flexibility index (Phi) is 4.62. The summed E-state index contributed by atoms with van der Waals surface area (Å²) in [5, 5.41) is 0. The molecule has 130 valence electrons. The first-order valence-electron chi connectivity index (χ1n) is 8.62. The van der Waals surface area contributed by atoms with E-state index in [0.29, 0.717) is 24.3 Å². The van der Waals surface area contributed by atoms with Crippen molar-refractivity contribution in [3.63, 3.8) is 0 Å².